The van der Waals surface area contributed by atoms with Crippen molar-refractivity contribution in [2.75, 3.05) is 0 Å². The van der Waals surface area contributed by atoms with Crippen LogP contribution in [0.4, 0.5) is 0 Å². The number of carboxylic acid groups (broad SMARTS) is 1. The summed E-state index contributed by atoms with van der Waals surface area (Å²) in [6.07, 6.45) is 0.469. The van der Waals surface area contributed by atoms with Crippen molar-refractivity contribution in [3.8, 4) is 0 Å². The van der Waals surface area contributed by atoms with Gasteiger partial charge in [-0.05, 0) is 29.9 Å². The average Bonchev–Trinajstić information content (AvgIpc) is 2.30. The summed E-state index contributed by atoms with van der Waals surface area (Å²) in [5.74, 6) is -0.886. The van der Waals surface area contributed by atoms with Crippen molar-refractivity contribution < 1.29 is 15.0 Å². The van der Waals surface area contributed by atoms with Gasteiger partial charge in [0.15, 0.2) is 6.10 Å². The molecule has 2 N–H and O–H groups in total. The Labute approximate surface area is 95.7 Å². The second kappa shape index (κ2) is 5.66. The van der Waals surface area contributed by atoms with Crippen LogP contribution in [0, 0.1) is 0 Å². The topological polar surface area (TPSA) is 57.5 Å². The Morgan fingerprint density at radius 1 is 1.19 bits per heavy atom. The van der Waals surface area contributed by atoms with E-state index in [4.69, 9.17) is 5.11 Å². The predicted molar refractivity (Wildman–Crippen MR) is 62.4 cm³/mol. The Morgan fingerprint density at radius 2 is 1.69 bits per heavy atom. The molecule has 0 spiro atoms. The van der Waals surface area contributed by atoms with Gasteiger partial charge in [0.2, 0.25) is 0 Å². The van der Waals surface area contributed by atoms with Gasteiger partial charge in [-0.25, -0.2) is 4.79 Å². The Morgan fingerprint density at radius 3 is 2.12 bits per heavy atom. The number of aliphatic hydroxyl groups is 1. The highest BCUT2D eigenvalue weighted by Gasteiger charge is 2.21. The maximum atomic E-state index is 10.8. The zero-order valence-corrected chi connectivity index (χ0v) is 9.68. The van der Waals surface area contributed by atoms with E-state index >= 15 is 0 Å². The molecule has 16 heavy (non-hydrogen) atoms. The van der Waals surface area contributed by atoms with E-state index in [1.54, 1.807) is 12.1 Å². The smallest absolute Gasteiger partial charge is 0.337 e. The van der Waals surface area contributed by atoms with Crippen LogP contribution in [-0.2, 0) is 4.79 Å². The molecule has 1 unspecified atom stereocenters. The molecule has 0 amide bonds. The second-order valence-corrected chi connectivity index (χ2v) is 3.88. The first-order valence-electron chi connectivity index (χ1n) is 5.61. The average molecular weight is 222 g/mol. The van der Waals surface area contributed by atoms with E-state index in [-0.39, 0.29) is 0 Å². The summed E-state index contributed by atoms with van der Waals surface area (Å²) in [4.78, 5) is 10.8. The van der Waals surface area contributed by atoms with Crippen LogP contribution in [0.25, 0.3) is 0 Å². The molecule has 3 nitrogen and oxygen atoms in total. The number of hydrogen-bond acceptors (Lipinski definition) is 2. The molecule has 0 fully saturated rings. The van der Waals surface area contributed by atoms with Crippen LogP contribution in [0.5, 0.6) is 0 Å². The van der Waals surface area contributed by atoms with Crippen LogP contribution in [0.3, 0.4) is 0 Å². The first-order chi connectivity index (χ1) is 7.61. The number of aliphatic hydroxyl groups excluding tert-OH is 1. The molecule has 3 heteroatoms. The van der Waals surface area contributed by atoms with Crippen molar-refractivity contribution >= 4 is 5.97 Å². The minimum absolute atomic E-state index is 0.310. The van der Waals surface area contributed by atoms with Gasteiger partial charge in [-0.1, -0.05) is 38.1 Å². The van der Waals surface area contributed by atoms with Gasteiger partial charge in [-0.2, -0.15) is 0 Å². The lowest BCUT2D eigenvalue weighted by molar-refractivity contribution is -0.147. The van der Waals surface area contributed by atoms with Gasteiger partial charge in [0, 0.05) is 0 Å². The summed E-state index contributed by atoms with van der Waals surface area (Å²) in [5.41, 5.74) is 1.46. The second-order valence-electron chi connectivity index (χ2n) is 3.88. The first-order valence-corrected chi connectivity index (χ1v) is 5.61. The van der Waals surface area contributed by atoms with Crippen molar-refractivity contribution in [2.45, 2.75) is 38.7 Å². The first kappa shape index (κ1) is 12.7. The summed E-state index contributed by atoms with van der Waals surface area (Å²) < 4.78 is 0. The van der Waals surface area contributed by atoms with E-state index in [1.165, 1.54) is 0 Å². The van der Waals surface area contributed by atoms with Crippen LogP contribution >= 0.6 is 0 Å². The molecule has 0 radical (unpaired) electrons. The van der Waals surface area contributed by atoms with Crippen LogP contribution in [-0.4, -0.2) is 16.2 Å². The Balaban J connectivity index is 3.13. The van der Waals surface area contributed by atoms with Crippen LogP contribution < -0.4 is 0 Å². The van der Waals surface area contributed by atoms with Gasteiger partial charge >= 0.3 is 5.97 Å². The summed E-state index contributed by atoms with van der Waals surface area (Å²) >= 11 is 0. The highest BCUT2D eigenvalue weighted by atomic mass is 16.4. The zero-order chi connectivity index (χ0) is 12.1. The van der Waals surface area contributed by atoms with Gasteiger partial charge in [-0.15, -0.1) is 0 Å². The van der Waals surface area contributed by atoms with Crippen LogP contribution in [0.1, 0.15) is 49.8 Å². The molecule has 1 atom stereocenters. The third-order valence-electron chi connectivity index (χ3n) is 2.95. The molecule has 0 aliphatic rings. The molecule has 0 aromatic heterocycles. The number of hydrogen-bond donors (Lipinski definition) is 2. The molecular formula is C13H18O3. The van der Waals surface area contributed by atoms with E-state index in [9.17, 15) is 9.90 Å². The molecule has 0 aliphatic heterocycles. The third-order valence-corrected chi connectivity index (χ3v) is 2.95. The highest BCUT2D eigenvalue weighted by Crippen LogP contribution is 2.29. The van der Waals surface area contributed by atoms with Crippen molar-refractivity contribution in [3.05, 3.63) is 35.4 Å². The lowest BCUT2D eigenvalue weighted by Gasteiger charge is -2.18. The highest BCUT2D eigenvalue weighted by molar-refractivity contribution is 5.74. The molecule has 0 aliphatic carbocycles. The lowest BCUT2D eigenvalue weighted by atomic mass is 9.88. The maximum absolute atomic E-state index is 10.8. The maximum Gasteiger partial charge on any atom is 0.337 e. The molecular weight excluding hydrogens is 204 g/mol. The van der Waals surface area contributed by atoms with E-state index in [0.29, 0.717) is 11.5 Å². The summed E-state index contributed by atoms with van der Waals surface area (Å²) in [7, 11) is 0. The van der Waals surface area contributed by atoms with Gasteiger partial charge in [0.05, 0.1) is 0 Å². The minimum atomic E-state index is -1.42. The van der Waals surface area contributed by atoms with Crippen molar-refractivity contribution in [2.24, 2.45) is 0 Å². The van der Waals surface area contributed by atoms with E-state index in [2.05, 4.69) is 13.8 Å². The number of aliphatic carboxylic acids is 1. The molecule has 1 aromatic carbocycles. The largest absolute Gasteiger partial charge is 0.479 e. The molecule has 88 valence electrons. The van der Waals surface area contributed by atoms with Crippen LogP contribution in [0.15, 0.2) is 24.3 Å². The molecule has 0 saturated heterocycles. The Kier molecular flexibility index (Phi) is 4.50. The fourth-order valence-electron chi connectivity index (χ4n) is 1.99. The molecule has 1 aromatic rings. The Hall–Kier alpha value is -1.35. The zero-order valence-electron chi connectivity index (χ0n) is 9.68. The van der Waals surface area contributed by atoms with Gasteiger partial charge in [0.1, 0.15) is 0 Å². The van der Waals surface area contributed by atoms with Crippen LogP contribution in [0.2, 0.25) is 0 Å². The van der Waals surface area contributed by atoms with E-state index in [1.807, 2.05) is 12.1 Å². The minimum Gasteiger partial charge on any atom is -0.479 e. The van der Waals surface area contributed by atoms with Crippen molar-refractivity contribution in [1.29, 1.82) is 0 Å². The summed E-state index contributed by atoms with van der Waals surface area (Å²) in [6, 6.07) is 7.23. The van der Waals surface area contributed by atoms with Gasteiger partial charge in [-0.3, -0.25) is 0 Å². The normalized spacial score (nSPS) is 12.8. The lowest BCUT2D eigenvalue weighted by Crippen LogP contribution is -2.14. The van der Waals surface area contributed by atoms with Crippen molar-refractivity contribution in [1.82, 2.24) is 0 Å². The van der Waals surface area contributed by atoms with E-state index < -0.39 is 12.1 Å². The van der Waals surface area contributed by atoms with Gasteiger partial charge in [0.25, 0.3) is 0 Å². The predicted octanol–water partition coefficient (Wildman–Crippen LogP) is 2.71. The fourth-order valence-corrected chi connectivity index (χ4v) is 1.99. The standard InChI is InChI=1S/C13H18O3/c1-3-9(4-2)10-7-5-6-8-11(10)12(14)13(15)16/h5-9,12,14H,3-4H2,1-2H3,(H,15,16). The SMILES string of the molecule is CCC(CC)c1ccccc1C(O)C(=O)O. The number of rotatable bonds is 5. The third kappa shape index (κ3) is 2.61. The Bertz CT molecular complexity index is 356. The number of benzene rings is 1. The monoisotopic (exact) mass is 222 g/mol. The molecule has 0 heterocycles. The van der Waals surface area contributed by atoms with Gasteiger partial charge < -0.3 is 10.2 Å². The number of carboxylic acids is 1. The fraction of sp³-hybridized carbons (Fsp3) is 0.462. The molecule has 1 rings (SSSR count). The molecule has 0 saturated carbocycles. The summed E-state index contributed by atoms with van der Waals surface area (Å²) in [5, 5.41) is 18.5. The number of carbonyl (C=O) groups is 1. The van der Waals surface area contributed by atoms with Crippen molar-refractivity contribution in [3.63, 3.8) is 0 Å². The quantitative estimate of drug-likeness (QED) is 0.805. The molecule has 0 bridgehead atoms. The summed E-state index contributed by atoms with van der Waals surface area (Å²) in [6.45, 7) is 4.14. The van der Waals surface area contributed by atoms with E-state index in [0.717, 1.165) is 18.4 Å².